The Balaban J connectivity index is 3.41. The SMILES string of the molecule is CCCCOC(=O)N1[C@@H]([C@H](CC(C)C)NC(C)=O)[C@H](C(N)=O)C[C@@H]1C(=O)OC(C)(C)C. The van der Waals surface area contributed by atoms with Crippen molar-refractivity contribution in [1.82, 2.24) is 10.2 Å². The van der Waals surface area contributed by atoms with Gasteiger partial charge < -0.3 is 20.5 Å². The highest BCUT2D eigenvalue weighted by atomic mass is 16.6. The van der Waals surface area contributed by atoms with E-state index in [2.05, 4.69) is 5.32 Å². The normalized spacial score (nSPS) is 22.2. The van der Waals surface area contributed by atoms with Crippen molar-refractivity contribution in [3.8, 4) is 0 Å². The molecule has 0 radical (unpaired) electrons. The number of hydrogen-bond acceptors (Lipinski definition) is 6. The number of primary amides is 1. The Hall–Kier alpha value is -2.32. The Kier molecular flexibility index (Phi) is 9.77. The first-order valence-corrected chi connectivity index (χ1v) is 11.0. The molecule has 1 aliphatic rings. The quantitative estimate of drug-likeness (QED) is 0.417. The highest BCUT2D eigenvalue weighted by molar-refractivity contribution is 5.87. The molecule has 178 valence electrons. The molecule has 0 aromatic carbocycles. The van der Waals surface area contributed by atoms with Crippen LogP contribution in [-0.2, 0) is 23.9 Å². The lowest BCUT2D eigenvalue weighted by atomic mass is 9.88. The zero-order valence-electron chi connectivity index (χ0n) is 19.9. The molecule has 1 saturated heterocycles. The minimum Gasteiger partial charge on any atom is -0.458 e. The van der Waals surface area contributed by atoms with Gasteiger partial charge >= 0.3 is 12.1 Å². The zero-order valence-corrected chi connectivity index (χ0v) is 19.9. The lowest BCUT2D eigenvalue weighted by Crippen LogP contribution is -2.57. The fourth-order valence-electron chi connectivity index (χ4n) is 3.91. The molecule has 1 fully saturated rings. The van der Waals surface area contributed by atoms with Crippen molar-refractivity contribution >= 4 is 23.9 Å². The molecule has 0 aromatic heterocycles. The van der Waals surface area contributed by atoms with Crippen LogP contribution in [0.15, 0.2) is 0 Å². The second-order valence-electron chi connectivity index (χ2n) is 9.60. The van der Waals surface area contributed by atoms with Crippen molar-refractivity contribution < 1.29 is 28.7 Å². The number of ether oxygens (including phenoxy) is 2. The predicted molar refractivity (Wildman–Crippen MR) is 116 cm³/mol. The maximum atomic E-state index is 13.1. The minimum absolute atomic E-state index is 0.0198. The Morgan fingerprint density at radius 2 is 1.81 bits per heavy atom. The maximum Gasteiger partial charge on any atom is 0.410 e. The topological polar surface area (TPSA) is 128 Å². The van der Waals surface area contributed by atoms with E-state index in [4.69, 9.17) is 15.2 Å². The first-order chi connectivity index (χ1) is 14.3. The molecule has 0 bridgehead atoms. The van der Waals surface area contributed by atoms with Crippen LogP contribution in [0.2, 0.25) is 0 Å². The van der Waals surface area contributed by atoms with Crippen molar-refractivity contribution in [3.05, 3.63) is 0 Å². The smallest absolute Gasteiger partial charge is 0.410 e. The molecule has 3 amide bonds. The van der Waals surface area contributed by atoms with Crippen molar-refractivity contribution in [3.63, 3.8) is 0 Å². The van der Waals surface area contributed by atoms with E-state index in [0.29, 0.717) is 12.8 Å². The number of nitrogens with zero attached hydrogens (tertiary/aromatic N) is 1. The van der Waals surface area contributed by atoms with Gasteiger partial charge in [-0.3, -0.25) is 14.5 Å². The predicted octanol–water partition coefficient (Wildman–Crippen LogP) is 2.36. The lowest BCUT2D eigenvalue weighted by molar-refractivity contribution is -0.160. The van der Waals surface area contributed by atoms with E-state index >= 15 is 0 Å². The standard InChI is InChI=1S/C22H39N3O6/c1-8-9-10-30-21(29)25-17(20(28)31-22(5,6)7)12-15(19(23)27)18(25)16(11-13(2)3)24-14(4)26/h13,15-18H,8-12H2,1-7H3,(H2,23,27)(H,24,26)/t15-,16+,17-,18-/m1/s1. The molecule has 0 aromatic rings. The Morgan fingerprint density at radius 3 is 2.26 bits per heavy atom. The van der Waals surface area contributed by atoms with E-state index in [1.807, 2.05) is 20.8 Å². The summed E-state index contributed by atoms with van der Waals surface area (Å²) in [6.07, 6.45) is 1.30. The molecule has 0 unspecified atom stereocenters. The van der Waals surface area contributed by atoms with Crippen molar-refractivity contribution in [1.29, 1.82) is 0 Å². The molecule has 1 rings (SSSR count). The largest absolute Gasteiger partial charge is 0.458 e. The lowest BCUT2D eigenvalue weighted by Gasteiger charge is -2.36. The van der Waals surface area contributed by atoms with E-state index < -0.39 is 47.6 Å². The number of likely N-dealkylation sites (tertiary alicyclic amines) is 1. The van der Waals surface area contributed by atoms with Crippen molar-refractivity contribution in [2.75, 3.05) is 6.61 Å². The van der Waals surface area contributed by atoms with Crippen LogP contribution in [-0.4, -0.2) is 59.1 Å². The molecule has 9 heteroatoms. The fraction of sp³-hybridized carbons (Fsp3) is 0.818. The van der Waals surface area contributed by atoms with E-state index in [9.17, 15) is 19.2 Å². The van der Waals surface area contributed by atoms with E-state index in [0.717, 1.165) is 6.42 Å². The fourth-order valence-corrected chi connectivity index (χ4v) is 3.91. The van der Waals surface area contributed by atoms with Gasteiger partial charge in [-0.2, -0.15) is 0 Å². The summed E-state index contributed by atoms with van der Waals surface area (Å²) in [5.74, 6) is -2.23. The number of hydrogen-bond donors (Lipinski definition) is 2. The van der Waals surface area contributed by atoms with Crippen LogP contribution in [0.1, 0.15) is 74.1 Å². The first-order valence-electron chi connectivity index (χ1n) is 11.0. The van der Waals surface area contributed by atoms with Crippen LogP contribution in [0, 0.1) is 11.8 Å². The van der Waals surface area contributed by atoms with Gasteiger partial charge in [0.25, 0.3) is 0 Å². The molecule has 1 aliphatic heterocycles. The molecule has 0 spiro atoms. The van der Waals surface area contributed by atoms with Gasteiger partial charge in [-0.05, 0) is 46.0 Å². The number of esters is 1. The molecule has 3 N–H and O–H groups in total. The molecule has 1 heterocycles. The number of unbranched alkanes of at least 4 members (excludes halogenated alkanes) is 1. The van der Waals surface area contributed by atoms with Crippen LogP contribution in [0.25, 0.3) is 0 Å². The zero-order chi connectivity index (χ0) is 23.9. The van der Waals surface area contributed by atoms with Crippen LogP contribution < -0.4 is 11.1 Å². The van der Waals surface area contributed by atoms with Crippen LogP contribution >= 0.6 is 0 Å². The Labute approximate surface area is 185 Å². The summed E-state index contributed by atoms with van der Waals surface area (Å²) >= 11 is 0. The van der Waals surface area contributed by atoms with Gasteiger partial charge in [0, 0.05) is 6.92 Å². The first kappa shape index (κ1) is 26.7. The van der Waals surface area contributed by atoms with Gasteiger partial charge in [0.05, 0.1) is 24.6 Å². The van der Waals surface area contributed by atoms with E-state index in [-0.39, 0.29) is 24.9 Å². The minimum atomic E-state index is -1.03. The molecule has 31 heavy (non-hydrogen) atoms. The second-order valence-corrected chi connectivity index (χ2v) is 9.60. The number of nitrogens with two attached hydrogens (primary N) is 1. The third kappa shape index (κ3) is 8.03. The summed E-state index contributed by atoms with van der Waals surface area (Å²) in [6, 6.07) is -2.41. The van der Waals surface area contributed by atoms with Gasteiger partial charge in [0.2, 0.25) is 11.8 Å². The molecule has 4 atom stereocenters. The second kappa shape index (κ2) is 11.3. The monoisotopic (exact) mass is 441 g/mol. The highest BCUT2D eigenvalue weighted by Gasteiger charge is 2.54. The molecule has 0 aliphatic carbocycles. The van der Waals surface area contributed by atoms with Gasteiger partial charge in [-0.1, -0.05) is 27.2 Å². The van der Waals surface area contributed by atoms with Gasteiger partial charge in [0.15, 0.2) is 0 Å². The van der Waals surface area contributed by atoms with Gasteiger partial charge in [-0.25, -0.2) is 9.59 Å². The molecular weight excluding hydrogens is 402 g/mol. The number of amides is 3. The average molecular weight is 442 g/mol. The number of rotatable bonds is 9. The molecule has 0 saturated carbocycles. The summed E-state index contributed by atoms with van der Waals surface area (Å²) in [5, 5.41) is 2.85. The Morgan fingerprint density at radius 1 is 1.19 bits per heavy atom. The summed E-state index contributed by atoms with van der Waals surface area (Å²) in [5.41, 5.74) is 4.90. The summed E-state index contributed by atoms with van der Waals surface area (Å²) < 4.78 is 10.9. The van der Waals surface area contributed by atoms with E-state index in [1.54, 1.807) is 20.8 Å². The number of nitrogens with one attached hydrogen (secondary N) is 1. The summed E-state index contributed by atoms with van der Waals surface area (Å²) in [4.78, 5) is 51.6. The Bertz CT molecular complexity index is 658. The molecular formula is C22H39N3O6. The summed E-state index contributed by atoms with van der Waals surface area (Å²) in [7, 11) is 0. The van der Waals surface area contributed by atoms with Crippen LogP contribution in [0.4, 0.5) is 4.79 Å². The maximum absolute atomic E-state index is 13.1. The van der Waals surface area contributed by atoms with Crippen LogP contribution in [0.3, 0.4) is 0 Å². The summed E-state index contributed by atoms with van der Waals surface area (Å²) in [6.45, 7) is 12.7. The average Bonchev–Trinajstić information content (AvgIpc) is 3.00. The molecule has 9 nitrogen and oxygen atoms in total. The number of carbonyl (C=O) groups is 4. The van der Waals surface area contributed by atoms with Crippen molar-refractivity contribution in [2.24, 2.45) is 17.6 Å². The highest BCUT2D eigenvalue weighted by Crippen LogP contribution is 2.36. The number of carbonyl (C=O) groups excluding carboxylic acids is 4. The third-order valence-corrected chi connectivity index (χ3v) is 5.05. The van der Waals surface area contributed by atoms with Crippen LogP contribution in [0.5, 0.6) is 0 Å². The van der Waals surface area contributed by atoms with E-state index in [1.165, 1.54) is 11.8 Å². The van der Waals surface area contributed by atoms with Gasteiger partial charge in [-0.15, -0.1) is 0 Å². The third-order valence-electron chi connectivity index (χ3n) is 5.05. The van der Waals surface area contributed by atoms with Gasteiger partial charge in [0.1, 0.15) is 11.6 Å². The van der Waals surface area contributed by atoms with Crippen molar-refractivity contribution in [2.45, 2.75) is 97.9 Å².